The average Bonchev–Trinajstić information content (AvgIpc) is 2.53. The topological polar surface area (TPSA) is 17.8 Å². The summed E-state index contributed by atoms with van der Waals surface area (Å²) in [5.74, 6) is 0. The Labute approximate surface area is 91.3 Å². The lowest BCUT2D eigenvalue weighted by molar-refractivity contribution is 0.702. The zero-order chi connectivity index (χ0) is 10.7. The lowest BCUT2D eigenvalue weighted by Crippen LogP contribution is -2.00. The maximum absolute atomic E-state index is 6.32. The molecule has 0 aromatic carbocycles. The van der Waals surface area contributed by atoms with E-state index in [1.807, 2.05) is 11.7 Å². The molecule has 0 amide bonds. The Morgan fingerprint density at radius 2 is 1.93 bits per heavy atom. The van der Waals surface area contributed by atoms with Crippen molar-refractivity contribution in [2.75, 3.05) is 0 Å². The van der Waals surface area contributed by atoms with Crippen molar-refractivity contribution in [1.29, 1.82) is 0 Å². The van der Waals surface area contributed by atoms with Crippen molar-refractivity contribution in [3.05, 3.63) is 17.0 Å². The number of hydrogen-bond acceptors (Lipinski definition) is 1. The molecule has 0 aliphatic rings. The summed E-state index contributed by atoms with van der Waals surface area (Å²) in [6.07, 6.45) is 2.93. The number of aryl methyl sites for hydroxylation is 2. The molecule has 1 unspecified atom stereocenters. The number of rotatable bonds is 4. The third kappa shape index (κ3) is 1.95. The Kier molecular flexibility index (Phi) is 3.99. The van der Waals surface area contributed by atoms with Gasteiger partial charge in [-0.15, -0.1) is 11.6 Å². The second-order valence-corrected chi connectivity index (χ2v) is 4.04. The molecule has 0 bridgehead atoms. The zero-order valence-corrected chi connectivity index (χ0v) is 10.2. The van der Waals surface area contributed by atoms with Crippen LogP contribution in [-0.2, 0) is 19.9 Å². The van der Waals surface area contributed by atoms with Crippen molar-refractivity contribution < 1.29 is 0 Å². The van der Waals surface area contributed by atoms with Gasteiger partial charge in [-0.1, -0.05) is 20.8 Å². The molecule has 1 atom stereocenters. The summed E-state index contributed by atoms with van der Waals surface area (Å²) in [7, 11) is 2.00. The maximum Gasteiger partial charge on any atom is 0.0671 e. The van der Waals surface area contributed by atoms with Crippen LogP contribution in [0.4, 0.5) is 0 Å². The summed E-state index contributed by atoms with van der Waals surface area (Å²) in [6, 6.07) is 0. The van der Waals surface area contributed by atoms with E-state index in [2.05, 4.69) is 25.9 Å². The molecule has 0 aliphatic heterocycles. The van der Waals surface area contributed by atoms with E-state index in [0.29, 0.717) is 0 Å². The number of nitrogens with zero attached hydrogens (tertiary/aromatic N) is 2. The highest BCUT2D eigenvalue weighted by molar-refractivity contribution is 6.20. The van der Waals surface area contributed by atoms with Gasteiger partial charge in [-0.3, -0.25) is 4.68 Å². The van der Waals surface area contributed by atoms with Gasteiger partial charge in [0.15, 0.2) is 0 Å². The predicted molar refractivity (Wildman–Crippen MR) is 60.8 cm³/mol. The minimum absolute atomic E-state index is 0.119. The van der Waals surface area contributed by atoms with Gasteiger partial charge in [0.05, 0.1) is 11.1 Å². The molecule has 0 aliphatic carbocycles. The monoisotopic (exact) mass is 214 g/mol. The van der Waals surface area contributed by atoms with Gasteiger partial charge in [-0.05, 0) is 19.3 Å². The van der Waals surface area contributed by atoms with Crippen LogP contribution in [0, 0.1) is 0 Å². The summed E-state index contributed by atoms with van der Waals surface area (Å²) >= 11 is 6.32. The molecular formula is C11H19ClN2. The van der Waals surface area contributed by atoms with Gasteiger partial charge < -0.3 is 0 Å². The Bertz CT molecular complexity index is 304. The van der Waals surface area contributed by atoms with E-state index in [9.17, 15) is 0 Å². The van der Waals surface area contributed by atoms with E-state index in [1.165, 1.54) is 11.3 Å². The Morgan fingerprint density at radius 1 is 1.29 bits per heavy atom. The zero-order valence-electron chi connectivity index (χ0n) is 9.47. The molecule has 1 rings (SSSR count). The second kappa shape index (κ2) is 4.83. The standard InChI is InChI=1S/C11H19ClN2/c1-5-8(12)11-9(6-2)13-14(4)10(11)7-3/h8H,5-7H2,1-4H3. The number of halogens is 1. The van der Waals surface area contributed by atoms with Crippen molar-refractivity contribution >= 4 is 11.6 Å². The van der Waals surface area contributed by atoms with Crippen LogP contribution < -0.4 is 0 Å². The van der Waals surface area contributed by atoms with Gasteiger partial charge in [0.2, 0.25) is 0 Å². The van der Waals surface area contributed by atoms with Crippen molar-refractivity contribution in [2.45, 2.75) is 45.4 Å². The molecular weight excluding hydrogens is 196 g/mol. The van der Waals surface area contributed by atoms with Crippen molar-refractivity contribution in [3.8, 4) is 0 Å². The first-order chi connectivity index (χ1) is 6.65. The first-order valence-electron chi connectivity index (χ1n) is 5.34. The van der Waals surface area contributed by atoms with Crippen LogP contribution in [0.5, 0.6) is 0 Å². The van der Waals surface area contributed by atoms with Crippen molar-refractivity contribution in [1.82, 2.24) is 9.78 Å². The highest BCUT2D eigenvalue weighted by atomic mass is 35.5. The molecule has 0 radical (unpaired) electrons. The van der Waals surface area contributed by atoms with Crippen molar-refractivity contribution in [2.24, 2.45) is 7.05 Å². The molecule has 0 spiro atoms. The molecule has 80 valence electrons. The molecule has 1 heterocycles. The predicted octanol–water partition coefficient (Wildman–Crippen LogP) is 3.23. The Hall–Kier alpha value is -0.500. The highest BCUT2D eigenvalue weighted by Crippen LogP contribution is 2.30. The van der Waals surface area contributed by atoms with E-state index >= 15 is 0 Å². The minimum atomic E-state index is 0.119. The lowest BCUT2D eigenvalue weighted by atomic mass is 10.0. The number of aromatic nitrogens is 2. The molecule has 0 saturated carbocycles. The van der Waals surface area contributed by atoms with E-state index in [0.717, 1.165) is 25.0 Å². The number of alkyl halides is 1. The third-order valence-electron chi connectivity index (χ3n) is 2.62. The lowest BCUT2D eigenvalue weighted by Gasteiger charge is -2.09. The SMILES string of the molecule is CCc1nn(C)c(CC)c1C(Cl)CC. The van der Waals surface area contributed by atoms with Gasteiger partial charge in [-0.25, -0.2) is 0 Å². The van der Waals surface area contributed by atoms with Gasteiger partial charge in [0, 0.05) is 18.3 Å². The summed E-state index contributed by atoms with van der Waals surface area (Å²) in [5, 5.41) is 4.62. The van der Waals surface area contributed by atoms with Gasteiger partial charge in [0.1, 0.15) is 0 Å². The molecule has 3 heteroatoms. The first-order valence-corrected chi connectivity index (χ1v) is 5.77. The molecule has 0 saturated heterocycles. The van der Waals surface area contributed by atoms with Gasteiger partial charge in [0.25, 0.3) is 0 Å². The first kappa shape index (κ1) is 11.6. The van der Waals surface area contributed by atoms with Gasteiger partial charge >= 0.3 is 0 Å². The normalized spacial score (nSPS) is 13.2. The highest BCUT2D eigenvalue weighted by Gasteiger charge is 2.19. The van der Waals surface area contributed by atoms with Crippen LogP contribution in [0.1, 0.15) is 49.5 Å². The minimum Gasteiger partial charge on any atom is -0.272 e. The third-order valence-corrected chi connectivity index (χ3v) is 3.15. The Morgan fingerprint density at radius 3 is 2.36 bits per heavy atom. The molecule has 1 aromatic heterocycles. The largest absolute Gasteiger partial charge is 0.272 e. The van der Waals surface area contributed by atoms with Crippen molar-refractivity contribution in [3.63, 3.8) is 0 Å². The smallest absolute Gasteiger partial charge is 0.0671 e. The number of hydrogen-bond donors (Lipinski definition) is 0. The van der Waals surface area contributed by atoms with E-state index in [1.54, 1.807) is 0 Å². The van der Waals surface area contributed by atoms with Gasteiger partial charge in [-0.2, -0.15) is 5.10 Å². The summed E-state index contributed by atoms with van der Waals surface area (Å²) in [5.41, 5.74) is 3.71. The average molecular weight is 215 g/mol. The fourth-order valence-electron chi connectivity index (χ4n) is 1.88. The van der Waals surface area contributed by atoms with E-state index in [-0.39, 0.29) is 5.38 Å². The summed E-state index contributed by atoms with van der Waals surface area (Å²) < 4.78 is 1.97. The maximum atomic E-state index is 6.32. The van der Waals surface area contributed by atoms with E-state index in [4.69, 9.17) is 11.6 Å². The molecule has 2 nitrogen and oxygen atoms in total. The van der Waals surface area contributed by atoms with Crippen LogP contribution in [0.2, 0.25) is 0 Å². The van der Waals surface area contributed by atoms with Crippen LogP contribution in [-0.4, -0.2) is 9.78 Å². The summed E-state index contributed by atoms with van der Waals surface area (Å²) in [6.45, 7) is 6.40. The fourth-order valence-corrected chi connectivity index (χ4v) is 2.13. The molecule has 1 aromatic rings. The van der Waals surface area contributed by atoms with Crippen LogP contribution in [0.15, 0.2) is 0 Å². The fraction of sp³-hybridized carbons (Fsp3) is 0.727. The molecule has 0 fully saturated rings. The Balaban J connectivity index is 3.20. The second-order valence-electron chi connectivity index (χ2n) is 3.51. The summed E-state index contributed by atoms with van der Waals surface area (Å²) in [4.78, 5) is 0. The van der Waals surface area contributed by atoms with Crippen LogP contribution in [0.25, 0.3) is 0 Å². The van der Waals surface area contributed by atoms with E-state index < -0.39 is 0 Å². The molecule has 14 heavy (non-hydrogen) atoms. The quantitative estimate of drug-likeness (QED) is 0.704. The molecule has 0 N–H and O–H groups in total. The van der Waals surface area contributed by atoms with Crippen LogP contribution >= 0.6 is 11.6 Å². The van der Waals surface area contributed by atoms with Crippen LogP contribution in [0.3, 0.4) is 0 Å².